The first-order chi connectivity index (χ1) is 26.8. The first-order valence-electron chi connectivity index (χ1n) is 18.4. The predicted octanol–water partition coefficient (Wildman–Crippen LogP) is 9.60. The average Bonchev–Trinajstić information content (AvgIpc) is 3.21. The lowest BCUT2D eigenvalue weighted by molar-refractivity contribution is 0.0935. The highest BCUT2D eigenvalue weighted by atomic mass is 35.5. The molecular weight excluding hydrogens is 724 g/mol. The van der Waals surface area contributed by atoms with E-state index in [1.807, 2.05) is 60.7 Å². The van der Waals surface area contributed by atoms with Gasteiger partial charge in [0.2, 0.25) is 11.5 Å². The maximum absolute atomic E-state index is 12.7. The van der Waals surface area contributed by atoms with E-state index in [1.54, 1.807) is 54.8 Å². The molecule has 11 nitrogen and oxygen atoms in total. The van der Waals surface area contributed by atoms with Crippen LogP contribution in [-0.2, 0) is 0 Å². The molecule has 0 saturated heterocycles. The van der Waals surface area contributed by atoms with Crippen molar-refractivity contribution in [3.63, 3.8) is 0 Å². The molecule has 2 N–H and O–H groups in total. The van der Waals surface area contributed by atoms with Crippen LogP contribution >= 0.6 is 11.6 Å². The van der Waals surface area contributed by atoms with Crippen LogP contribution in [-0.4, -0.2) is 61.8 Å². The molecule has 0 radical (unpaired) electrons. The molecule has 1 unspecified atom stereocenters. The van der Waals surface area contributed by atoms with Gasteiger partial charge in [0.15, 0.2) is 34.5 Å². The Balaban J connectivity index is 1.01. The molecule has 55 heavy (non-hydrogen) atoms. The molecule has 12 heteroatoms. The summed E-state index contributed by atoms with van der Waals surface area (Å²) in [6, 6.07) is 18.5. The van der Waals surface area contributed by atoms with E-state index in [0.29, 0.717) is 69.8 Å². The zero-order chi connectivity index (χ0) is 39.2. The molecule has 5 rings (SSSR count). The van der Waals surface area contributed by atoms with Gasteiger partial charge in [0.05, 0.1) is 61.4 Å². The number of carbonyl (C=O) groups is 1. The molecule has 0 spiro atoms. The van der Waals surface area contributed by atoms with Crippen LogP contribution in [0.4, 0.5) is 5.69 Å². The van der Waals surface area contributed by atoms with Crippen molar-refractivity contribution in [2.75, 3.05) is 61.2 Å². The Kier molecular flexibility index (Phi) is 15.1. The number of amides is 1. The molecule has 1 heterocycles. The van der Waals surface area contributed by atoms with E-state index < -0.39 is 6.17 Å². The molecule has 0 fully saturated rings. The first-order valence-corrected chi connectivity index (χ1v) is 18.7. The number of fused-ring (bicyclic) bond motifs is 1. The van der Waals surface area contributed by atoms with E-state index in [1.165, 1.54) is 0 Å². The molecule has 1 aliphatic heterocycles. The van der Waals surface area contributed by atoms with E-state index in [-0.39, 0.29) is 5.91 Å². The summed E-state index contributed by atoms with van der Waals surface area (Å²) in [7, 11) is 9.63. The van der Waals surface area contributed by atoms with Crippen molar-refractivity contribution in [1.29, 1.82) is 0 Å². The summed E-state index contributed by atoms with van der Waals surface area (Å²) in [5, 5.41) is 6.84. The number of benzene rings is 4. The van der Waals surface area contributed by atoms with Crippen molar-refractivity contribution >= 4 is 35.3 Å². The fraction of sp³-hybridized carbons (Fsp3) is 0.372. The maximum atomic E-state index is 12.7. The van der Waals surface area contributed by atoms with Crippen LogP contribution in [0.1, 0.15) is 78.2 Å². The van der Waals surface area contributed by atoms with E-state index in [2.05, 4.69) is 10.6 Å². The number of ether oxygens (including phenoxy) is 8. The monoisotopic (exact) mass is 774 g/mol. The fourth-order valence-electron chi connectivity index (χ4n) is 6.35. The summed E-state index contributed by atoms with van der Waals surface area (Å²) < 4.78 is 45.6. The topological polar surface area (TPSA) is 115 Å². The summed E-state index contributed by atoms with van der Waals surface area (Å²) >= 11 is 6.07. The van der Waals surface area contributed by atoms with Crippen molar-refractivity contribution < 1.29 is 42.7 Å². The number of rotatable bonds is 21. The van der Waals surface area contributed by atoms with Crippen LogP contribution in [0.15, 0.2) is 60.7 Å². The number of hydrogen-bond acceptors (Lipinski definition) is 10. The van der Waals surface area contributed by atoms with Crippen molar-refractivity contribution in [3.8, 4) is 46.0 Å². The Morgan fingerprint density at radius 3 is 1.62 bits per heavy atom. The third-order valence-corrected chi connectivity index (χ3v) is 9.49. The molecular formula is C43H51ClN2O9. The lowest BCUT2D eigenvalue weighted by atomic mass is 10.1. The summed E-state index contributed by atoms with van der Waals surface area (Å²) in [6.07, 6.45) is 10.9. The molecule has 0 aromatic heterocycles. The van der Waals surface area contributed by atoms with Crippen LogP contribution in [0.25, 0.3) is 12.2 Å². The number of unbranched alkanes of at least 4 members (excludes halogenated alkanes) is 6. The highest BCUT2D eigenvalue weighted by Gasteiger charge is 2.25. The van der Waals surface area contributed by atoms with E-state index in [0.717, 1.165) is 67.3 Å². The van der Waals surface area contributed by atoms with Crippen LogP contribution < -0.4 is 48.5 Å². The minimum Gasteiger partial charge on any atom is -0.493 e. The Labute approximate surface area is 328 Å². The number of nitrogens with one attached hydrogen (secondary N) is 2. The van der Waals surface area contributed by atoms with Crippen molar-refractivity contribution in [2.45, 2.75) is 51.1 Å². The Hall–Kier alpha value is -5.42. The van der Waals surface area contributed by atoms with Crippen LogP contribution in [0.3, 0.4) is 0 Å². The van der Waals surface area contributed by atoms with Crippen molar-refractivity contribution in [3.05, 3.63) is 87.9 Å². The summed E-state index contributed by atoms with van der Waals surface area (Å²) in [4.78, 5) is 12.7. The van der Waals surface area contributed by atoms with Crippen molar-refractivity contribution in [2.24, 2.45) is 0 Å². The van der Waals surface area contributed by atoms with Gasteiger partial charge in [0, 0.05) is 10.7 Å². The van der Waals surface area contributed by atoms with Crippen LogP contribution in [0.5, 0.6) is 46.0 Å². The Morgan fingerprint density at radius 1 is 0.545 bits per heavy atom. The van der Waals surface area contributed by atoms with E-state index in [9.17, 15) is 4.79 Å². The van der Waals surface area contributed by atoms with Gasteiger partial charge in [-0.15, -0.1) is 0 Å². The first kappa shape index (κ1) is 40.8. The standard InChI is InChI=1S/C43H51ClN2O9/c1-48-35-26-30(42-45-33-18-17-31(44)27-32(33)43(47)46-42)16-19-34(35)54-20-12-10-8-7-9-11-13-21-55-41-38(51-4)24-29(25-39(41)52-5)15-14-28-22-36(49-2)40(53-6)37(23-28)50-3/h14-19,22-27,42,45H,7-13,20-21H2,1-6H3,(H,46,47). The zero-order valence-corrected chi connectivity index (χ0v) is 33.2. The van der Waals surface area contributed by atoms with Gasteiger partial charge in [-0.05, 0) is 84.1 Å². The van der Waals surface area contributed by atoms with Gasteiger partial charge in [-0.25, -0.2) is 0 Å². The minimum absolute atomic E-state index is 0.183. The molecule has 294 valence electrons. The molecule has 1 atom stereocenters. The number of carbonyl (C=O) groups excluding carboxylic acids is 1. The maximum Gasteiger partial charge on any atom is 0.255 e. The Bertz CT molecular complexity index is 1880. The highest BCUT2D eigenvalue weighted by Crippen LogP contribution is 2.41. The normalized spacial score (nSPS) is 13.4. The molecule has 0 aliphatic carbocycles. The molecule has 1 aliphatic rings. The van der Waals surface area contributed by atoms with E-state index in [4.69, 9.17) is 49.5 Å². The van der Waals surface area contributed by atoms with Crippen LogP contribution in [0.2, 0.25) is 5.02 Å². The molecule has 4 aromatic carbocycles. The second-order valence-electron chi connectivity index (χ2n) is 12.9. The number of hydrogen-bond donors (Lipinski definition) is 2. The fourth-order valence-corrected chi connectivity index (χ4v) is 6.53. The van der Waals surface area contributed by atoms with Crippen molar-refractivity contribution in [1.82, 2.24) is 5.32 Å². The molecule has 0 bridgehead atoms. The third-order valence-electron chi connectivity index (χ3n) is 9.25. The van der Waals surface area contributed by atoms with Crippen LogP contribution in [0, 0.1) is 0 Å². The second-order valence-corrected chi connectivity index (χ2v) is 13.3. The quantitative estimate of drug-likeness (QED) is 0.0627. The lowest BCUT2D eigenvalue weighted by Crippen LogP contribution is -2.38. The molecule has 1 amide bonds. The van der Waals surface area contributed by atoms with Gasteiger partial charge in [-0.2, -0.15) is 0 Å². The molecule has 4 aromatic rings. The summed E-state index contributed by atoms with van der Waals surface area (Å²) in [6.45, 7) is 1.16. The van der Waals surface area contributed by atoms with Gasteiger partial charge in [0.25, 0.3) is 5.91 Å². The smallest absolute Gasteiger partial charge is 0.255 e. The second kappa shape index (κ2) is 20.3. The number of halogens is 1. The number of anilines is 1. The lowest BCUT2D eigenvalue weighted by Gasteiger charge is -2.28. The van der Waals surface area contributed by atoms with Gasteiger partial charge in [-0.3, -0.25) is 4.79 Å². The predicted molar refractivity (Wildman–Crippen MR) is 216 cm³/mol. The third kappa shape index (κ3) is 10.6. The van der Waals surface area contributed by atoms with Gasteiger partial charge >= 0.3 is 0 Å². The SMILES string of the molecule is COc1cc(C2NC(=O)c3cc(Cl)ccc3N2)ccc1OCCCCCCCCCOc1c(OC)cc(C=Cc2cc(OC)c(OC)c(OC)c2)cc1OC. The minimum atomic E-state index is -0.399. The average molecular weight is 775 g/mol. The largest absolute Gasteiger partial charge is 0.493 e. The Morgan fingerprint density at radius 2 is 1.07 bits per heavy atom. The summed E-state index contributed by atoms with van der Waals surface area (Å²) in [5.74, 6) is 4.62. The highest BCUT2D eigenvalue weighted by molar-refractivity contribution is 6.31. The van der Waals surface area contributed by atoms with Gasteiger partial charge < -0.3 is 48.5 Å². The van der Waals surface area contributed by atoms with E-state index >= 15 is 0 Å². The molecule has 0 saturated carbocycles. The van der Waals surface area contributed by atoms with Gasteiger partial charge in [0.1, 0.15) is 6.17 Å². The zero-order valence-electron chi connectivity index (χ0n) is 32.4. The number of methoxy groups -OCH3 is 6. The summed E-state index contributed by atoms with van der Waals surface area (Å²) in [5.41, 5.74) is 3.88. The van der Waals surface area contributed by atoms with Gasteiger partial charge in [-0.1, -0.05) is 61.9 Å².